The van der Waals surface area contributed by atoms with Gasteiger partial charge in [0.05, 0.1) is 26.8 Å². The first kappa shape index (κ1) is 35.6. The van der Waals surface area contributed by atoms with Crippen LogP contribution in [0.3, 0.4) is 0 Å². The van der Waals surface area contributed by atoms with Crippen molar-refractivity contribution in [2.45, 2.75) is 71.6 Å². The molecular weight excluding hydrogens is 659 g/mol. The second kappa shape index (κ2) is 14.0. The number of carbonyl (C=O) groups is 3. The van der Waals surface area contributed by atoms with Crippen molar-refractivity contribution in [3.63, 3.8) is 0 Å². The SMILES string of the molecule is CC[C@H](C)[C@H](NC(=O)c1cn(C2CC2)c2cc(N3CCN(C(=O)OC(C)(C)C)CC3)c(F)cc2c1=O)C(=O)Nc1ccc([N+](=O)[O-])cc1Cl. The number of non-ortho nitro benzene ring substituents is 1. The number of nitro groups is 1. The van der Waals surface area contributed by atoms with Crippen LogP contribution in [0.2, 0.25) is 5.02 Å². The summed E-state index contributed by atoms with van der Waals surface area (Å²) in [6.07, 6.45) is 3.17. The molecule has 2 heterocycles. The summed E-state index contributed by atoms with van der Waals surface area (Å²) in [5.74, 6) is -2.42. The molecule has 0 bridgehead atoms. The minimum Gasteiger partial charge on any atom is -0.444 e. The number of amides is 3. The molecular formula is C34H40ClFN6O7. The van der Waals surface area contributed by atoms with Gasteiger partial charge in [0, 0.05) is 55.9 Å². The Balaban J connectivity index is 1.40. The van der Waals surface area contributed by atoms with E-state index < -0.39 is 45.7 Å². The van der Waals surface area contributed by atoms with Crippen molar-refractivity contribution in [3.8, 4) is 0 Å². The number of anilines is 2. The van der Waals surface area contributed by atoms with Gasteiger partial charge in [0.25, 0.3) is 11.6 Å². The number of hydrogen-bond acceptors (Lipinski definition) is 8. The summed E-state index contributed by atoms with van der Waals surface area (Å²) >= 11 is 6.17. The van der Waals surface area contributed by atoms with Crippen molar-refractivity contribution in [2.75, 3.05) is 36.4 Å². The molecule has 13 nitrogen and oxygen atoms in total. The first-order chi connectivity index (χ1) is 23.1. The van der Waals surface area contributed by atoms with Crippen molar-refractivity contribution in [1.29, 1.82) is 0 Å². The van der Waals surface area contributed by atoms with Crippen LogP contribution in [0.25, 0.3) is 10.9 Å². The fraction of sp³-hybridized carbons (Fsp3) is 0.471. The molecule has 2 aliphatic rings. The quantitative estimate of drug-likeness (QED) is 0.207. The molecule has 15 heteroatoms. The number of ether oxygens (including phenoxy) is 1. The molecule has 0 unspecified atom stereocenters. The van der Waals surface area contributed by atoms with E-state index in [4.69, 9.17) is 16.3 Å². The van der Waals surface area contributed by atoms with Gasteiger partial charge >= 0.3 is 6.09 Å². The molecule has 262 valence electrons. The van der Waals surface area contributed by atoms with E-state index in [1.165, 1.54) is 18.3 Å². The molecule has 5 rings (SSSR count). The van der Waals surface area contributed by atoms with Gasteiger partial charge in [-0.1, -0.05) is 31.9 Å². The van der Waals surface area contributed by atoms with Crippen LogP contribution in [0.1, 0.15) is 70.3 Å². The van der Waals surface area contributed by atoms with E-state index in [0.29, 0.717) is 43.8 Å². The number of carbonyl (C=O) groups excluding carboxylic acids is 3. The van der Waals surface area contributed by atoms with Crippen molar-refractivity contribution in [2.24, 2.45) is 5.92 Å². The Morgan fingerprint density at radius 1 is 1.12 bits per heavy atom. The summed E-state index contributed by atoms with van der Waals surface area (Å²) < 4.78 is 23.0. The summed E-state index contributed by atoms with van der Waals surface area (Å²) in [5.41, 5.74) is -0.883. The van der Waals surface area contributed by atoms with Crippen LogP contribution in [0.4, 0.5) is 26.2 Å². The monoisotopic (exact) mass is 698 g/mol. The van der Waals surface area contributed by atoms with Gasteiger partial charge in [-0.15, -0.1) is 0 Å². The minimum absolute atomic E-state index is 0.00918. The summed E-state index contributed by atoms with van der Waals surface area (Å²) in [6.45, 7) is 10.4. The third-order valence-electron chi connectivity index (χ3n) is 8.76. The van der Waals surface area contributed by atoms with E-state index in [9.17, 15) is 29.3 Å². The summed E-state index contributed by atoms with van der Waals surface area (Å²) in [7, 11) is 0. The Labute approximate surface area is 287 Å². The van der Waals surface area contributed by atoms with E-state index in [2.05, 4.69) is 10.6 Å². The van der Waals surface area contributed by atoms with Crippen LogP contribution in [-0.2, 0) is 9.53 Å². The summed E-state index contributed by atoms with van der Waals surface area (Å²) in [6, 6.07) is 5.30. The highest BCUT2D eigenvalue weighted by atomic mass is 35.5. The van der Waals surface area contributed by atoms with E-state index in [1.807, 2.05) is 16.4 Å². The lowest BCUT2D eigenvalue weighted by molar-refractivity contribution is -0.384. The smallest absolute Gasteiger partial charge is 0.410 e. The van der Waals surface area contributed by atoms with Crippen LogP contribution in [0, 0.1) is 21.8 Å². The molecule has 0 spiro atoms. The Morgan fingerprint density at radius 3 is 2.37 bits per heavy atom. The zero-order valence-electron chi connectivity index (χ0n) is 28.0. The maximum atomic E-state index is 15.7. The maximum absolute atomic E-state index is 15.7. The van der Waals surface area contributed by atoms with Gasteiger partial charge in [-0.3, -0.25) is 24.5 Å². The van der Waals surface area contributed by atoms with Crippen molar-refractivity contribution in [3.05, 3.63) is 73.3 Å². The fourth-order valence-corrected chi connectivity index (χ4v) is 5.95. The summed E-state index contributed by atoms with van der Waals surface area (Å²) in [5, 5.41) is 16.4. The lowest BCUT2D eigenvalue weighted by Crippen LogP contribution is -2.50. The molecule has 49 heavy (non-hydrogen) atoms. The Hall–Kier alpha value is -4.72. The number of benzene rings is 2. The molecule has 3 amide bonds. The van der Waals surface area contributed by atoms with Crippen LogP contribution in [0.15, 0.2) is 41.3 Å². The lowest BCUT2D eigenvalue weighted by Gasteiger charge is -2.37. The Bertz CT molecular complexity index is 1860. The molecule has 2 atom stereocenters. The van der Waals surface area contributed by atoms with Gasteiger partial charge in [0.15, 0.2) is 0 Å². The maximum Gasteiger partial charge on any atom is 0.410 e. The molecule has 1 aromatic heterocycles. The number of rotatable bonds is 9. The van der Waals surface area contributed by atoms with Gasteiger partial charge in [-0.2, -0.15) is 0 Å². The van der Waals surface area contributed by atoms with Gasteiger partial charge in [-0.25, -0.2) is 9.18 Å². The first-order valence-electron chi connectivity index (χ1n) is 16.2. The van der Waals surface area contributed by atoms with Gasteiger partial charge in [0.2, 0.25) is 11.3 Å². The number of fused-ring (bicyclic) bond motifs is 1. The predicted octanol–water partition coefficient (Wildman–Crippen LogP) is 5.88. The minimum atomic E-state index is -1.09. The zero-order chi connectivity index (χ0) is 35.8. The number of nitrogens with zero attached hydrogens (tertiary/aromatic N) is 4. The van der Waals surface area contributed by atoms with Crippen molar-refractivity contribution in [1.82, 2.24) is 14.8 Å². The van der Waals surface area contributed by atoms with Crippen LogP contribution < -0.4 is 21.0 Å². The molecule has 3 aromatic rings. The molecule has 1 aliphatic carbocycles. The lowest BCUT2D eigenvalue weighted by atomic mass is 9.97. The normalized spacial score (nSPS) is 16.2. The van der Waals surface area contributed by atoms with E-state index in [-0.39, 0.29) is 39.3 Å². The Kier molecular flexibility index (Phi) is 10.2. The number of nitrogens with one attached hydrogen (secondary N) is 2. The molecule has 1 aliphatic heterocycles. The van der Waals surface area contributed by atoms with Crippen molar-refractivity contribution < 1.29 is 28.4 Å². The Morgan fingerprint density at radius 2 is 1.80 bits per heavy atom. The third kappa shape index (κ3) is 7.96. The van der Waals surface area contributed by atoms with Crippen LogP contribution in [-0.4, -0.2) is 70.1 Å². The molecule has 0 radical (unpaired) electrons. The molecule has 2 N–H and O–H groups in total. The van der Waals surface area contributed by atoms with Crippen LogP contribution in [0.5, 0.6) is 0 Å². The first-order valence-corrected chi connectivity index (χ1v) is 16.6. The number of halogens is 2. The number of pyridine rings is 1. The zero-order valence-corrected chi connectivity index (χ0v) is 28.8. The topological polar surface area (TPSA) is 156 Å². The van der Waals surface area contributed by atoms with Crippen molar-refractivity contribution >= 4 is 57.5 Å². The van der Waals surface area contributed by atoms with E-state index in [0.717, 1.165) is 25.0 Å². The second-order valence-electron chi connectivity index (χ2n) is 13.5. The number of hydrogen-bond donors (Lipinski definition) is 2. The molecule has 1 saturated carbocycles. The number of aromatic nitrogens is 1. The predicted molar refractivity (Wildman–Crippen MR) is 184 cm³/mol. The molecule has 2 aromatic carbocycles. The summed E-state index contributed by atoms with van der Waals surface area (Å²) in [4.78, 5) is 67.3. The number of nitro benzene ring substituents is 1. The average Bonchev–Trinajstić information content (AvgIpc) is 3.89. The van der Waals surface area contributed by atoms with Gasteiger partial charge in [-0.05, 0) is 57.7 Å². The van der Waals surface area contributed by atoms with E-state index in [1.54, 1.807) is 38.7 Å². The second-order valence-corrected chi connectivity index (χ2v) is 13.9. The standard InChI is InChI=1S/C34H40ClFN6O7/c1-6-19(2)29(32(45)37-26-10-9-21(42(47)48)15-24(26)35)38-31(44)23-18-41(20-7-8-20)27-17-28(25(36)16-22(27)30(23)43)39-11-13-40(14-12-39)33(46)49-34(3,4)5/h9-10,15-20,29H,6-8,11-14H2,1-5H3,(H,37,45)(H,38,44)/t19-,29-/m0/s1. The van der Waals surface area contributed by atoms with Gasteiger partial charge in [0.1, 0.15) is 23.0 Å². The highest BCUT2D eigenvalue weighted by Crippen LogP contribution is 2.38. The van der Waals surface area contributed by atoms with Gasteiger partial charge < -0.3 is 29.7 Å². The molecule has 2 fully saturated rings. The highest BCUT2D eigenvalue weighted by molar-refractivity contribution is 6.34. The third-order valence-corrected chi connectivity index (χ3v) is 9.07. The largest absolute Gasteiger partial charge is 0.444 e. The average molecular weight is 699 g/mol. The molecule has 1 saturated heterocycles. The number of piperazine rings is 1. The van der Waals surface area contributed by atoms with E-state index >= 15 is 4.39 Å². The van der Waals surface area contributed by atoms with Crippen LogP contribution >= 0.6 is 11.6 Å². The fourth-order valence-electron chi connectivity index (χ4n) is 5.72. The highest BCUT2D eigenvalue weighted by Gasteiger charge is 2.32.